The number of alkyl carbamates (subject to hydrolysis) is 1. The topological polar surface area (TPSA) is 53.6 Å². The van der Waals surface area contributed by atoms with E-state index >= 15 is 0 Å². The van der Waals surface area contributed by atoms with Crippen molar-refractivity contribution in [1.29, 1.82) is 0 Å². The van der Waals surface area contributed by atoms with Crippen LogP contribution in [-0.4, -0.2) is 50.3 Å². The third-order valence-corrected chi connectivity index (χ3v) is 2.92. The van der Waals surface area contributed by atoms with Crippen LogP contribution in [0.15, 0.2) is 24.3 Å². The molecule has 0 radical (unpaired) electrons. The molecule has 0 aliphatic rings. The van der Waals surface area contributed by atoms with Gasteiger partial charge in [0.25, 0.3) is 0 Å². The molecule has 124 valence electrons. The van der Waals surface area contributed by atoms with E-state index in [1.807, 2.05) is 20.8 Å². The molecule has 0 unspecified atom stereocenters. The smallest absolute Gasteiger partial charge is 0.407 e. The first kappa shape index (κ1) is 18.3. The van der Waals surface area contributed by atoms with Gasteiger partial charge in [0.1, 0.15) is 5.60 Å². The number of amides is 1. The van der Waals surface area contributed by atoms with E-state index in [9.17, 15) is 4.79 Å². The minimum absolute atomic E-state index is 0.366. The minimum atomic E-state index is -0.454. The van der Waals surface area contributed by atoms with Crippen LogP contribution < -0.4 is 10.6 Å². The first-order valence-corrected chi connectivity index (χ1v) is 7.71. The fourth-order valence-corrected chi connectivity index (χ4v) is 1.84. The molecule has 22 heavy (non-hydrogen) atoms. The van der Waals surface area contributed by atoms with Crippen molar-refractivity contribution in [3.8, 4) is 0 Å². The third-order valence-electron chi connectivity index (χ3n) is 2.92. The van der Waals surface area contributed by atoms with Crippen molar-refractivity contribution in [2.24, 2.45) is 0 Å². The summed E-state index contributed by atoms with van der Waals surface area (Å²) >= 11 is 0. The van der Waals surface area contributed by atoms with Crippen molar-refractivity contribution >= 4 is 11.8 Å². The summed E-state index contributed by atoms with van der Waals surface area (Å²) in [6, 6.07) is 8.29. The van der Waals surface area contributed by atoms with Crippen molar-refractivity contribution in [1.82, 2.24) is 10.2 Å². The Hall–Kier alpha value is -1.75. The summed E-state index contributed by atoms with van der Waals surface area (Å²) in [5, 5.41) is 6.14. The van der Waals surface area contributed by atoms with Crippen molar-refractivity contribution in [2.75, 3.05) is 39.0 Å². The van der Waals surface area contributed by atoms with Crippen LogP contribution in [0.4, 0.5) is 10.5 Å². The van der Waals surface area contributed by atoms with E-state index in [-0.39, 0.29) is 6.09 Å². The molecule has 5 heteroatoms. The van der Waals surface area contributed by atoms with Crippen molar-refractivity contribution in [3.05, 3.63) is 29.8 Å². The summed E-state index contributed by atoms with van der Waals surface area (Å²) < 4.78 is 5.19. The second-order valence-electron chi connectivity index (χ2n) is 6.61. The molecule has 0 atom stereocenters. The zero-order valence-electron chi connectivity index (χ0n) is 14.4. The van der Waals surface area contributed by atoms with Crippen LogP contribution >= 0.6 is 0 Å². The normalized spacial score (nSPS) is 11.4. The second-order valence-corrected chi connectivity index (χ2v) is 6.61. The molecule has 0 bridgehead atoms. The summed E-state index contributed by atoms with van der Waals surface area (Å²) in [5.41, 5.74) is 1.85. The van der Waals surface area contributed by atoms with Crippen LogP contribution in [0.25, 0.3) is 0 Å². The largest absolute Gasteiger partial charge is 0.444 e. The van der Waals surface area contributed by atoms with E-state index in [2.05, 4.69) is 53.9 Å². The Labute approximate surface area is 134 Å². The molecule has 1 rings (SSSR count). The number of carbonyl (C=O) groups is 1. The lowest BCUT2D eigenvalue weighted by molar-refractivity contribution is 0.0528. The van der Waals surface area contributed by atoms with E-state index < -0.39 is 5.60 Å². The number of nitrogens with one attached hydrogen (secondary N) is 2. The molecule has 2 N–H and O–H groups in total. The first-order valence-electron chi connectivity index (χ1n) is 7.71. The molecule has 0 heterocycles. The molecular formula is C17H29N3O2. The van der Waals surface area contributed by atoms with Gasteiger partial charge in [-0.15, -0.1) is 0 Å². The maximum Gasteiger partial charge on any atom is 0.407 e. The second kappa shape index (κ2) is 8.63. The maximum absolute atomic E-state index is 11.5. The van der Waals surface area contributed by atoms with E-state index in [1.165, 1.54) is 5.56 Å². The van der Waals surface area contributed by atoms with E-state index in [1.54, 1.807) is 0 Å². The Bertz CT molecular complexity index is 450. The summed E-state index contributed by atoms with van der Waals surface area (Å²) in [7, 11) is 4.12. The highest BCUT2D eigenvalue weighted by Gasteiger charge is 2.15. The van der Waals surface area contributed by atoms with Crippen LogP contribution in [-0.2, 0) is 11.2 Å². The average molecular weight is 307 g/mol. The van der Waals surface area contributed by atoms with Gasteiger partial charge < -0.3 is 20.3 Å². The summed E-state index contributed by atoms with van der Waals surface area (Å²) in [4.78, 5) is 13.7. The molecule has 0 aromatic heterocycles. The van der Waals surface area contributed by atoms with E-state index in [4.69, 9.17) is 4.74 Å². The molecule has 5 nitrogen and oxygen atoms in total. The number of likely N-dealkylation sites (N-methyl/N-ethyl adjacent to an activating group) is 1. The Balaban J connectivity index is 2.28. The number of ether oxygens (including phenoxy) is 1. The molecule has 0 saturated heterocycles. The van der Waals surface area contributed by atoms with Crippen LogP contribution in [0.3, 0.4) is 0 Å². The number of rotatable bonds is 7. The van der Waals surface area contributed by atoms with Crippen molar-refractivity contribution < 1.29 is 9.53 Å². The molecular weight excluding hydrogens is 278 g/mol. The quantitative estimate of drug-likeness (QED) is 0.813. The number of carbonyl (C=O) groups excluding carboxylic acids is 1. The lowest BCUT2D eigenvalue weighted by Gasteiger charge is -2.19. The predicted octanol–water partition coefficient (Wildman–Crippen LogP) is 2.73. The molecule has 0 spiro atoms. The molecule has 0 aliphatic heterocycles. The number of nitrogens with zero attached hydrogens (tertiary/aromatic N) is 1. The summed E-state index contributed by atoms with van der Waals surface area (Å²) in [6.07, 6.45) is 0.423. The Kier molecular flexibility index (Phi) is 7.18. The highest BCUT2D eigenvalue weighted by atomic mass is 16.6. The van der Waals surface area contributed by atoms with Gasteiger partial charge >= 0.3 is 6.09 Å². The number of hydrogen-bond donors (Lipinski definition) is 2. The van der Waals surface area contributed by atoms with E-state index in [0.29, 0.717) is 6.54 Å². The van der Waals surface area contributed by atoms with Gasteiger partial charge in [0, 0.05) is 25.3 Å². The monoisotopic (exact) mass is 307 g/mol. The lowest BCUT2D eigenvalue weighted by atomic mass is 10.1. The fraction of sp³-hybridized carbons (Fsp3) is 0.588. The standard InChI is InChI=1S/C17H29N3O2/c1-17(2,3)22-16(21)19-11-10-14-6-8-15(9-7-14)18-12-13-20(4)5/h6-9,18H,10-13H2,1-5H3,(H,19,21). The molecule has 1 aromatic rings. The van der Waals surface area contributed by atoms with Crippen molar-refractivity contribution in [2.45, 2.75) is 32.8 Å². The van der Waals surface area contributed by atoms with Gasteiger partial charge in [-0.2, -0.15) is 0 Å². The number of anilines is 1. The Morgan fingerprint density at radius 2 is 1.77 bits per heavy atom. The van der Waals surface area contributed by atoms with Gasteiger partial charge in [-0.3, -0.25) is 0 Å². The summed E-state index contributed by atoms with van der Waals surface area (Å²) in [6.45, 7) is 8.06. The first-order chi connectivity index (χ1) is 10.3. The van der Waals surface area contributed by atoms with Crippen LogP contribution in [0, 0.1) is 0 Å². The molecule has 0 aliphatic carbocycles. The third kappa shape index (κ3) is 8.52. The predicted molar refractivity (Wildman–Crippen MR) is 91.4 cm³/mol. The Morgan fingerprint density at radius 3 is 2.32 bits per heavy atom. The zero-order chi connectivity index (χ0) is 16.6. The van der Waals surface area contributed by atoms with E-state index in [0.717, 1.165) is 25.2 Å². The molecule has 1 aromatic carbocycles. The van der Waals surface area contributed by atoms with Gasteiger partial charge in [-0.05, 0) is 59.0 Å². The SMILES string of the molecule is CN(C)CCNc1ccc(CCNC(=O)OC(C)(C)C)cc1. The summed E-state index contributed by atoms with van der Waals surface area (Å²) in [5.74, 6) is 0. The van der Waals surface area contributed by atoms with Gasteiger partial charge in [0.2, 0.25) is 0 Å². The highest BCUT2D eigenvalue weighted by Crippen LogP contribution is 2.10. The number of hydrogen-bond acceptors (Lipinski definition) is 4. The zero-order valence-corrected chi connectivity index (χ0v) is 14.4. The lowest BCUT2D eigenvalue weighted by Crippen LogP contribution is -2.33. The van der Waals surface area contributed by atoms with Gasteiger partial charge in [0.15, 0.2) is 0 Å². The molecule has 0 fully saturated rings. The fourth-order valence-electron chi connectivity index (χ4n) is 1.84. The number of benzene rings is 1. The minimum Gasteiger partial charge on any atom is -0.444 e. The van der Waals surface area contributed by atoms with Gasteiger partial charge in [-0.1, -0.05) is 12.1 Å². The van der Waals surface area contributed by atoms with Gasteiger partial charge in [-0.25, -0.2) is 4.79 Å². The van der Waals surface area contributed by atoms with Gasteiger partial charge in [0.05, 0.1) is 0 Å². The molecule has 1 amide bonds. The Morgan fingerprint density at radius 1 is 1.14 bits per heavy atom. The molecule has 0 saturated carbocycles. The maximum atomic E-state index is 11.5. The van der Waals surface area contributed by atoms with Crippen LogP contribution in [0.1, 0.15) is 26.3 Å². The average Bonchev–Trinajstić information content (AvgIpc) is 2.38. The van der Waals surface area contributed by atoms with Crippen LogP contribution in [0.5, 0.6) is 0 Å². The van der Waals surface area contributed by atoms with Crippen molar-refractivity contribution in [3.63, 3.8) is 0 Å². The highest BCUT2D eigenvalue weighted by molar-refractivity contribution is 5.67. The van der Waals surface area contributed by atoms with Crippen LogP contribution in [0.2, 0.25) is 0 Å².